The second kappa shape index (κ2) is 5.30. The SMILES string of the molecule is [C-]#[N+]C1(c2ccc(N3CC(Cn4ccnn4)OC3=O)cc2F)CC1. The third-order valence-corrected chi connectivity index (χ3v) is 4.44. The van der Waals surface area contributed by atoms with Crippen LogP contribution in [0.4, 0.5) is 14.9 Å². The molecular formula is C16H14FN5O2. The van der Waals surface area contributed by atoms with Gasteiger partial charge in [0, 0.05) is 19.0 Å². The van der Waals surface area contributed by atoms with E-state index in [4.69, 9.17) is 11.3 Å². The van der Waals surface area contributed by atoms with Crippen LogP contribution in [0.1, 0.15) is 18.4 Å². The number of carbonyl (C=O) groups excluding carboxylic acids is 1. The van der Waals surface area contributed by atoms with Crippen molar-refractivity contribution in [3.8, 4) is 0 Å². The first-order chi connectivity index (χ1) is 11.6. The zero-order valence-corrected chi connectivity index (χ0v) is 12.7. The third kappa shape index (κ3) is 2.38. The van der Waals surface area contributed by atoms with Crippen molar-refractivity contribution in [1.29, 1.82) is 0 Å². The van der Waals surface area contributed by atoms with Gasteiger partial charge in [-0.05, 0) is 18.2 Å². The highest BCUT2D eigenvalue weighted by molar-refractivity contribution is 5.89. The van der Waals surface area contributed by atoms with Gasteiger partial charge in [0.15, 0.2) is 0 Å². The molecule has 2 fully saturated rings. The van der Waals surface area contributed by atoms with E-state index in [9.17, 15) is 9.18 Å². The minimum absolute atomic E-state index is 0.311. The standard InChI is InChI=1S/C16H14FN5O2/c1-18-16(4-5-16)13-3-2-11(8-14(13)17)22-10-12(24-15(22)23)9-21-7-6-19-20-21/h2-3,6-8,12H,4-5,9-10H2. The molecule has 0 spiro atoms. The molecule has 1 aliphatic heterocycles. The van der Waals surface area contributed by atoms with E-state index in [-0.39, 0.29) is 6.10 Å². The molecule has 1 amide bonds. The summed E-state index contributed by atoms with van der Waals surface area (Å²) in [7, 11) is 0. The molecule has 1 aliphatic carbocycles. The number of ether oxygens (including phenoxy) is 1. The first-order valence-electron chi connectivity index (χ1n) is 7.62. The zero-order valence-electron chi connectivity index (χ0n) is 12.7. The molecule has 1 saturated heterocycles. The van der Waals surface area contributed by atoms with E-state index in [1.54, 1.807) is 29.2 Å². The van der Waals surface area contributed by atoms with Gasteiger partial charge in [-0.2, -0.15) is 0 Å². The van der Waals surface area contributed by atoms with Gasteiger partial charge in [-0.25, -0.2) is 20.4 Å². The van der Waals surface area contributed by atoms with Crippen LogP contribution in [0.3, 0.4) is 0 Å². The number of rotatable bonds is 4. The Morgan fingerprint density at radius 2 is 2.29 bits per heavy atom. The average Bonchev–Trinajstić information content (AvgIpc) is 3.02. The molecular weight excluding hydrogens is 313 g/mol. The summed E-state index contributed by atoms with van der Waals surface area (Å²) >= 11 is 0. The Balaban J connectivity index is 1.53. The van der Waals surface area contributed by atoms with E-state index >= 15 is 0 Å². The largest absolute Gasteiger partial charge is 0.442 e. The Bertz CT molecular complexity index is 825. The first-order valence-corrected chi connectivity index (χ1v) is 7.62. The highest BCUT2D eigenvalue weighted by atomic mass is 19.1. The Hall–Kier alpha value is -2.95. The fraction of sp³-hybridized carbons (Fsp3) is 0.375. The van der Waals surface area contributed by atoms with Crippen LogP contribution in [0.25, 0.3) is 4.85 Å². The summed E-state index contributed by atoms with van der Waals surface area (Å²) in [4.78, 5) is 17.0. The smallest absolute Gasteiger partial charge is 0.414 e. The second-order valence-electron chi connectivity index (χ2n) is 6.05. The molecule has 1 atom stereocenters. The number of amides is 1. The van der Waals surface area contributed by atoms with E-state index in [0.29, 0.717) is 37.2 Å². The van der Waals surface area contributed by atoms with Crippen LogP contribution in [-0.2, 0) is 16.8 Å². The molecule has 0 bridgehead atoms. The van der Waals surface area contributed by atoms with Crippen LogP contribution in [-0.4, -0.2) is 33.7 Å². The van der Waals surface area contributed by atoms with Crippen molar-refractivity contribution in [3.63, 3.8) is 0 Å². The van der Waals surface area contributed by atoms with Crippen molar-refractivity contribution >= 4 is 11.8 Å². The van der Waals surface area contributed by atoms with Gasteiger partial charge < -0.3 is 9.58 Å². The van der Waals surface area contributed by atoms with Gasteiger partial charge in [0.2, 0.25) is 0 Å². The molecule has 1 saturated carbocycles. The summed E-state index contributed by atoms with van der Waals surface area (Å²) < 4.78 is 21.3. The molecule has 24 heavy (non-hydrogen) atoms. The number of carbonyl (C=O) groups is 1. The average molecular weight is 327 g/mol. The van der Waals surface area contributed by atoms with Crippen molar-refractivity contribution in [2.45, 2.75) is 31.0 Å². The number of halogens is 1. The summed E-state index contributed by atoms with van der Waals surface area (Å²) in [6.07, 6.45) is 3.70. The predicted octanol–water partition coefficient (Wildman–Crippen LogP) is 2.35. The van der Waals surface area contributed by atoms with E-state index in [0.717, 1.165) is 0 Å². The highest BCUT2D eigenvalue weighted by Gasteiger charge is 2.54. The van der Waals surface area contributed by atoms with Gasteiger partial charge in [0.1, 0.15) is 11.9 Å². The molecule has 8 heteroatoms. The molecule has 1 unspecified atom stereocenters. The third-order valence-electron chi connectivity index (χ3n) is 4.44. The van der Waals surface area contributed by atoms with E-state index in [2.05, 4.69) is 15.2 Å². The van der Waals surface area contributed by atoms with Crippen molar-refractivity contribution < 1.29 is 13.9 Å². The number of anilines is 1. The van der Waals surface area contributed by atoms with Gasteiger partial charge >= 0.3 is 6.09 Å². The number of cyclic esters (lactones) is 1. The van der Waals surface area contributed by atoms with Crippen molar-refractivity contribution in [1.82, 2.24) is 15.0 Å². The van der Waals surface area contributed by atoms with Gasteiger partial charge in [-0.15, -0.1) is 5.10 Å². The summed E-state index contributed by atoms with van der Waals surface area (Å²) in [5, 5.41) is 7.54. The molecule has 122 valence electrons. The molecule has 4 rings (SSSR count). The summed E-state index contributed by atoms with van der Waals surface area (Å²) in [6, 6.07) is 4.58. The molecule has 0 radical (unpaired) electrons. The summed E-state index contributed by atoms with van der Waals surface area (Å²) in [6.45, 7) is 7.94. The number of nitrogens with zero attached hydrogens (tertiary/aromatic N) is 5. The van der Waals surface area contributed by atoms with E-state index < -0.39 is 17.4 Å². The number of hydrogen-bond acceptors (Lipinski definition) is 4. The molecule has 1 aromatic heterocycles. The Morgan fingerprint density at radius 1 is 1.46 bits per heavy atom. The Morgan fingerprint density at radius 3 is 2.92 bits per heavy atom. The summed E-state index contributed by atoms with van der Waals surface area (Å²) in [5.74, 6) is -0.450. The van der Waals surface area contributed by atoms with Crippen LogP contribution in [0.5, 0.6) is 0 Å². The van der Waals surface area contributed by atoms with Crippen LogP contribution in [0.2, 0.25) is 0 Å². The zero-order chi connectivity index (χ0) is 16.7. The fourth-order valence-corrected chi connectivity index (χ4v) is 2.98. The molecule has 2 aliphatic rings. The number of benzene rings is 1. The maximum absolute atomic E-state index is 14.4. The maximum Gasteiger partial charge on any atom is 0.414 e. The Kier molecular flexibility index (Phi) is 3.23. The monoisotopic (exact) mass is 327 g/mol. The Labute approximate surface area is 137 Å². The topological polar surface area (TPSA) is 64.6 Å². The number of hydrogen-bond donors (Lipinski definition) is 0. The lowest BCUT2D eigenvalue weighted by atomic mass is 10.0. The van der Waals surface area contributed by atoms with Gasteiger partial charge in [-0.1, -0.05) is 5.21 Å². The molecule has 2 heterocycles. The van der Waals surface area contributed by atoms with Crippen LogP contribution in [0.15, 0.2) is 30.6 Å². The van der Waals surface area contributed by atoms with Crippen LogP contribution < -0.4 is 4.90 Å². The van der Waals surface area contributed by atoms with E-state index in [1.807, 2.05) is 0 Å². The number of aromatic nitrogens is 3. The predicted molar refractivity (Wildman–Crippen MR) is 81.6 cm³/mol. The highest BCUT2D eigenvalue weighted by Crippen LogP contribution is 2.50. The van der Waals surface area contributed by atoms with Gasteiger partial charge in [0.25, 0.3) is 5.54 Å². The molecule has 0 N–H and O–H groups in total. The van der Waals surface area contributed by atoms with Crippen molar-refractivity contribution in [2.75, 3.05) is 11.4 Å². The quantitative estimate of drug-likeness (QED) is 0.809. The minimum atomic E-state index is -0.705. The molecule has 1 aromatic carbocycles. The molecule has 7 nitrogen and oxygen atoms in total. The first kappa shape index (κ1) is 14.6. The van der Waals surface area contributed by atoms with Crippen molar-refractivity contribution in [2.24, 2.45) is 0 Å². The maximum atomic E-state index is 14.4. The van der Waals surface area contributed by atoms with E-state index in [1.165, 1.54) is 11.0 Å². The normalized spacial score (nSPS) is 21.4. The van der Waals surface area contributed by atoms with Gasteiger partial charge in [0.05, 0.1) is 30.5 Å². The van der Waals surface area contributed by atoms with Crippen LogP contribution >= 0.6 is 0 Å². The minimum Gasteiger partial charge on any atom is -0.442 e. The van der Waals surface area contributed by atoms with Crippen LogP contribution in [0, 0.1) is 12.4 Å². The lowest BCUT2D eigenvalue weighted by Gasteiger charge is -2.14. The fourth-order valence-electron chi connectivity index (χ4n) is 2.98. The molecule has 2 aromatic rings. The van der Waals surface area contributed by atoms with Crippen molar-refractivity contribution in [3.05, 3.63) is 53.4 Å². The van der Waals surface area contributed by atoms with Gasteiger partial charge in [-0.3, -0.25) is 4.90 Å². The lowest BCUT2D eigenvalue weighted by Crippen LogP contribution is -2.26. The lowest BCUT2D eigenvalue weighted by molar-refractivity contribution is 0.129. The summed E-state index contributed by atoms with van der Waals surface area (Å²) in [5.41, 5.74) is 0.139. The second-order valence-corrected chi connectivity index (χ2v) is 6.05.